The summed E-state index contributed by atoms with van der Waals surface area (Å²) in [6.07, 6.45) is -0.397. The minimum atomic E-state index is -0.450. The van der Waals surface area contributed by atoms with Crippen molar-refractivity contribution in [3.8, 4) is 17.6 Å². The molecule has 158 valence electrons. The lowest BCUT2D eigenvalue weighted by Crippen LogP contribution is -2.25. The first-order chi connectivity index (χ1) is 15.0. The molecule has 0 radical (unpaired) electrons. The van der Waals surface area contributed by atoms with Gasteiger partial charge in [0.2, 0.25) is 5.91 Å². The van der Waals surface area contributed by atoms with Gasteiger partial charge in [-0.1, -0.05) is 35.5 Å². The maximum Gasteiger partial charge on any atom is 0.237 e. The third kappa shape index (κ3) is 4.45. The molecule has 1 aliphatic heterocycles. The first-order valence-electron chi connectivity index (χ1n) is 9.41. The van der Waals surface area contributed by atoms with E-state index in [0.717, 1.165) is 0 Å². The van der Waals surface area contributed by atoms with Gasteiger partial charge >= 0.3 is 0 Å². The number of hydrogen-bond acceptors (Lipinski definition) is 7. The number of benzene rings is 2. The molecule has 0 spiro atoms. The molecule has 2 unspecified atom stereocenters. The maximum atomic E-state index is 12.6. The molecule has 0 fully saturated rings. The number of nitrogens with one attached hydrogen (secondary N) is 1. The first kappa shape index (κ1) is 21.0. The third-order valence-corrected chi connectivity index (χ3v) is 6.12. The lowest BCUT2D eigenvalue weighted by molar-refractivity contribution is -0.115. The van der Waals surface area contributed by atoms with E-state index in [2.05, 4.69) is 15.5 Å². The minimum absolute atomic E-state index is 0.221. The number of halogens is 1. The summed E-state index contributed by atoms with van der Waals surface area (Å²) in [5, 5.41) is 20.6. The maximum absolute atomic E-state index is 12.6. The molecule has 0 saturated carbocycles. The number of nitrogens with zero attached hydrogens (tertiary/aromatic N) is 4. The Morgan fingerprint density at radius 1 is 1.32 bits per heavy atom. The van der Waals surface area contributed by atoms with Gasteiger partial charge in [0.25, 0.3) is 0 Å². The number of fused-ring (bicyclic) bond motifs is 1. The van der Waals surface area contributed by atoms with E-state index in [0.29, 0.717) is 40.3 Å². The van der Waals surface area contributed by atoms with Gasteiger partial charge in [0.05, 0.1) is 15.8 Å². The van der Waals surface area contributed by atoms with Crippen molar-refractivity contribution in [1.82, 2.24) is 14.8 Å². The number of ether oxygens (including phenoxy) is 2. The first-order valence-corrected chi connectivity index (χ1v) is 10.7. The molecular formula is C21H18ClN5O3S. The smallest absolute Gasteiger partial charge is 0.237 e. The van der Waals surface area contributed by atoms with Crippen molar-refractivity contribution in [2.24, 2.45) is 7.05 Å². The van der Waals surface area contributed by atoms with Crippen LogP contribution in [-0.4, -0.2) is 32.5 Å². The highest BCUT2D eigenvalue weighted by atomic mass is 35.5. The fourth-order valence-corrected chi connectivity index (χ4v) is 4.04. The molecule has 3 aromatic rings. The van der Waals surface area contributed by atoms with Crippen molar-refractivity contribution < 1.29 is 14.3 Å². The van der Waals surface area contributed by atoms with Crippen LogP contribution < -0.4 is 14.8 Å². The Kier molecular flexibility index (Phi) is 6.02. The van der Waals surface area contributed by atoms with E-state index in [1.165, 1.54) is 11.8 Å². The van der Waals surface area contributed by atoms with Gasteiger partial charge in [0.15, 0.2) is 28.6 Å². The molecule has 1 aromatic heterocycles. The third-order valence-electron chi connectivity index (χ3n) is 4.67. The highest BCUT2D eigenvalue weighted by Gasteiger charge is 2.28. The molecule has 1 aliphatic rings. The normalized spacial score (nSPS) is 15.7. The van der Waals surface area contributed by atoms with Crippen molar-refractivity contribution >= 4 is 35.0 Å². The number of para-hydroxylation sites is 2. The molecule has 2 heterocycles. The quantitative estimate of drug-likeness (QED) is 0.580. The summed E-state index contributed by atoms with van der Waals surface area (Å²) in [4.78, 5) is 12.6. The van der Waals surface area contributed by atoms with Crippen LogP contribution in [0.15, 0.2) is 47.6 Å². The van der Waals surface area contributed by atoms with Gasteiger partial charge in [-0.2, -0.15) is 5.26 Å². The number of rotatable bonds is 5. The molecule has 2 atom stereocenters. The summed E-state index contributed by atoms with van der Waals surface area (Å²) in [5.74, 6) is 1.75. The largest absolute Gasteiger partial charge is 0.485 e. The summed E-state index contributed by atoms with van der Waals surface area (Å²) in [6, 6.07) is 14.2. The number of amides is 1. The van der Waals surface area contributed by atoms with E-state index in [1.807, 2.05) is 37.4 Å². The molecule has 31 heavy (non-hydrogen) atoms. The lowest BCUT2D eigenvalue weighted by Gasteiger charge is -2.25. The zero-order valence-corrected chi connectivity index (χ0v) is 18.3. The van der Waals surface area contributed by atoms with Crippen molar-refractivity contribution in [1.29, 1.82) is 5.26 Å². The van der Waals surface area contributed by atoms with Gasteiger partial charge in [0.1, 0.15) is 12.7 Å². The van der Waals surface area contributed by atoms with E-state index < -0.39 is 11.4 Å². The zero-order chi connectivity index (χ0) is 22.0. The second-order valence-corrected chi connectivity index (χ2v) is 8.53. The standard InChI is InChI=1S/C21H18ClN5O3S/c1-12(20(28)24-14-8-7-13(10-23)15(22)9-14)31-21-26-25-19(27(21)2)18-11-29-16-5-3-4-6-17(16)30-18/h3-9,12,18H,11H2,1-2H3,(H,24,28). The molecule has 0 aliphatic carbocycles. The van der Waals surface area contributed by atoms with Crippen molar-refractivity contribution in [3.05, 3.63) is 58.9 Å². The number of hydrogen-bond donors (Lipinski definition) is 1. The average molecular weight is 456 g/mol. The van der Waals surface area contributed by atoms with Gasteiger partial charge in [-0.3, -0.25) is 4.79 Å². The number of carbonyl (C=O) groups is 1. The van der Waals surface area contributed by atoms with E-state index in [9.17, 15) is 4.79 Å². The Morgan fingerprint density at radius 3 is 2.84 bits per heavy atom. The Hall–Kier alpha value is -3.22. The van der Waals surface area contributed by atoms with Crippen LogP contribution in [0.2, 0.25) is 5.02 Å². The van der Waals surface area contributed by atoms with Crippen LogP contribution >= 0.6 is 23.4 Å². The predicted molar refractivity (Wildman–Crippen MR) is 116 cm³/mol. The van der Waals surface area contributed by atoms with Crippen LogP contribution in [0.3, 0.4) is 0 Å². The van der Waals surface area contributed by atoms with Gasteiger partial charge in [-0.15, -0.1) is 10.2 Å². The highest BCUT2D eigenvalue weighted by Crippen LogP contribution is 2.36. The number of thioether (sulfide) groups is 1. The summed E-state index contributed by atoms with van der Waals surface area (Å²) < 4.78 is 13.6. The number of aromatic nitrogens is 3. The predicted octanol–water partition coefficient (Wildman–Crippen LogP) is 3.97. The Bertz CT molecular complexity index is 1180. The summed E-state index contributed by atoms with van der Waals surface area (Å²) >= 11 is 7.30. The molecular weight excluding hydrogens is 438 g/mol. The number of carbonyl (C=O) groups excluding carboxylic acids is 1. The fraction of sp³-hybridized carbons (Fsp3) is 0.238. The molecule has 1 N–H and O–H groups in total. The van der Waals surface area contributed by atoms with Crippen LogP contribution in [0.5, 0.6) is 11.5 Å². The molecule has 1 amide bonds. The van der Waals surface area contributed by atoms with Crippen LogP contribution in [0.1, 0.15) is 24.4 Å². The topological polar surface area (TPSA) is 102 Å². The van der Waals surface area contributed by atoms with Crippen LogP contribution in [-0.2, 0) is 11.8 Å². The van der Waals surface area contributed by atoms with Gasteiger partial charge in [-0.25, -0.2) is 0 Å². The molecule has 0 bridgehead atoms. The molecule has 4 rings (SSSR count). The number of anilines is 1. The van der Waals surface area contributed by atoms with E-state index >= 15 is 0 Å². The van der Waals surface area contributed by atoms with Crippen LogP contribution in [0.4, 0.5) is 5.69 Å². The molecule has 0 saturated heterocycles. The van der Waals surface area contributed by atoms with Crippen LogP contribution in [0, 0.1) is 11.3 Å². The molecule has 2 aromatic carbocycles. The van der Waals surface area contributed by atoms with Gasteiger partial charge in [0, 0.05) is 12.7 Å². The molecule has 10 heteroatoms. The van der Waals surface area contributed by atoms with Crippen molar-refractivity contribution in [3.63, 3.8) is 0 Å². The van der Waals surface area contributed by atoms with E-state index in [4.69, 9.17) is 26.3 Å². The van der Waals surface area contributed by atoms with E-state index in [-0.39, 0.29) is 10.9 Å². The average Bonchev–Trinajstić information content (AvgIpc) is 3.13. The fourth-order valence-electron chi connectivity index (χ4n) is 2.99. The van der Waals surface area contributed by atoms with Gasteiger partial charge in [-0.05, 0) is 37.3 Å². The number of nitriles is 1. The monoisotopic (exact) mass is 455 g/mol. The Balaban J connectivity index is 1.42. The van der Waals surface area contributed by atoms with E-state index in [1.54, 1.807) is 29.7 Å². The van der Waals surface area contributed by atoms with Gasteiger partial charge < -0.3 is 19.4 Å². The highest BCUT2D eigenvalue weighted by molar-refractivity contribution is 8.00. The second kappa shape index (κ2) is 8.88. The van der Waals surface area contributed by atoms with Crippen molar-refractivity contribution in [2.75, 3.05) is 11.9 Å². The Labute approximate surface area is 188 Å². The second-order valence-electron chi connectivity index (χ2n) is 6.82. The zero-order valence-electron chi connectivity index (χ0n) is 16.7. The Morgan fingerprint density at radius 2 is 2.10 bits per heavy atom. The van der Waals surface area contributed by atoms with Crippen molar-refractivity contribution in [2.45, 2.75) is 23.4 Å². The molecule has 8 nitrogen and oxygen atoms in total. The lowest BCUT2D eigenvalue weighted by atomic mass is 10.2. The SMILES string of the molecule is CC(Sc1nnc(C2COc3ccccc3O2)n1C)C(=O)Nc1ccc(C#N)c(Cl)c1. The van der Waals surface area contributed by atoms with Crippen LogP contribution in [0.25, 0.3) is 0 Å². The summed E-state index contributed by atoms with van der Waals surface area (Å²) in [7, 11) is 1.83. The summed E-state index contributed by atoms with van der Waals surface area (Å²) in [6.45, 7) is 2.10. The minimum Gasteiger partial charge on any atom is -0.485 e. The summed E-state index contributed by atoms with van der Waals surface area (Å²) in [5.41, 5.74) is 0.872.